The predicted octanol–water partition coefficient (Wildman–Crippen LogP) is 2.29. The normalized spacial score (nSPS) is 18.8. The molecule has 1 atom stereocenters. The maximum absolute atomic E-state index is 4.66. The Kier molecular flexibility index (Phi) is 4.08. The third-order valence-electron chi connectivity index (χ3n) is 4.58. The van der Waals surface area contributed by atoms with E-state index in [1.807, 2.05) is 48.5 Å². The van der Waals surface area contributed by atoms with E-state index in [1.54, 1.807) is 0 Å². The van der Waals surface area contributed by atoms with E-state index in [0.29, 0.717) is 12.0 Å². The summed E-state index contributed by atoms with van der Waals surface area (Å²) in [6, 6.07) is 4.23. The van der Waals surface area contributed by atoms with Crippen LogP contribution >= 0.6 is 0 Å². The third kappa shape index (κ3) is 2.82. The zero-order valence-corrected chi connectivity index (χ0v) is 13.8. The average molecular weight is 323 g/mol. The second-order valence-corrected chi connectivity index (χ2v) is 6.09. The van der Waals surface area contributed by atoms with E-state index in [1.165, 1.54) is 12.8 Å². The average Bonchev–Trinajstić information content (AvgIpc) is 3.05. The molecular formula is C17H21N7. The molecule has 1 N–H and O–H groups in total. The number of anilines is 1. The summed E-state index contributed by atoms with van der Waals surface area (Å²) in [6.45, 7) is 1.90. The van der Waals surface area contributed by atoms with E-state index in [2.05, 4.69) is 30.3 Å². The molecule has 1 fully saturated rings. The van der Waals surface area contributed by atoms with Gasteiger partial charge in [0.15, 0.2) is 5.65 Å². The summed E-state index contributed by atoms with van der Waals surface area (Å²) < 4.78 is 1.83. The van der Waals surface area contributed by atoms with Crippen LogP contribution in [0.15, 0.2) is 36.9 Å². The fraction of sp³-hybridized carbons (Fsp3) is 0.412. The molecule has 24 heavy (non-hydrogen) atoms. The lowest BCUT2D eigenvalue weighted by molar-refractivity contribution is 0.137. The quantitative estimate of drug-likeness (QED) is 0.794. The Hall–Kier alpha value is -2.54. The lowest BCUT2D eigenvalue weighted by Crippen LogP contribution is -2.33. The molecular weight excluding hydrogens is 302 g/mol. The third-order valence-corrected chi connectivity index (χ3v) is 4.58. The predicted molar refractivity (Wildman–Crippen MR) is 91.6 cm³/mol. The first kappa shape index (κ1) is 15.0. The van der Waals surface area contributed by atoms with Crippen LogP contribution in [0.1, 0.15) is 36.6 Å². The van der Waals surface area contributed by atoms with Crippen molar-refractivity contribution in [3.8, 4) is 0 Å². The van der Waals surface area contributed by atoms with Crippen LogP contribution in [-0.2, 0) is 6.54 Å². The lowest BCUT2D eigenvalue weighted by atomic mass is 9.98. The van der Waals surface area contributed by atoms with Gasteiger partial charge in [0.25, 0.3) is 0 Å². The summed E-state index contributed by atoms with van der Waals surface area (Å²) in [5.74, 6) is 0.677. The Balaban J connectivity index is 1.62. The standard InChI is InChI=1S/C17H21N7/c1-18-17-20-8-6-14(22-17)15-5-2-3-9-23(15)12-13-11-21-24-10-4-7-19-16(13)24/h4,6-8,10-11,15H,2-3,5,9,12H2,1H3,(H,18,20,22)/t15-/m1/s1. The Bertz CT molecular complexity index is 828. The topological polar surface area (TPSA) is 71.2 Å². The number of aromatic nitrogens is 5. The van der Waals surface area contributed by atoms with Crippen molar-refractivity contribution >= 4 is 11.6 Å². The van der Waals surface area contributed by atoms with E-state index < -0.39 is 0 Å². The number of likely N-dealkylation sites (tertiary alicyclic amines) is 1. The summed E-state index contributed by atoms with van der Waals surface area (Å²) in [5.41, 5.74) is 3.17. The van der Waals surface area contributed by atoms with Crippen molar-refractivity contribution in [2.75, 3.05) is 18.9 Å². The van der Waals surface area contributed by atoms with Gasteiger partial charge in [-0.1, -0.05) is 6.42 Å². The minimum Gasteiger partial charge on any atom is -0.357 e. The van der Waals surface area contributed by atoms with Gasteiger partial charge < -0.3 is 5.32 Å². The Morgan fingerprint density at radius 1 is 1.25 bits per heavy atom. The van der Waals surface area contributed by atoms with Crippen LogP contribution in [0.25, 0.3) is 5.65 Å². The van der Waals surface area contributed by atoms with Gasteiger partial charge in [0.2, 0.25) is 5.95 Å². The molecule has 0 spiro atoms. The van der Waals surface area contributed by atoms with E-state index in [-0.39, 0.29) is 0 Å². The molecule has 0 aliphatic carbocycles. The van der Waals surface area contributed by atoms with Gasteiger partial charge >= 0.3 is 0 Å². The number of nitrogens with one attached hydrogen (secondary N) is 1. The minimum atomic E-state index is 0.313. The zero-order chi connectivity index (χ0) is 16.4. The smallest absolute Gasteiger partial charge is 0.222 e. The molecule has 0 unspecified atom stereocenters. The van der Waals surface area contributed by atoms with Crippen LogP contribution < -0.4 is 5.32 Å². The summed E-state index contributed by atoms with van der Waals surface area (Å²) in [7, 11) is 1.85. The van der Waals surface area contributed by atoms with Gasteiger partial charge in [-0.2, -0.15) is 5.10 Å². The number of piperidine rings is 1. The van der Waals surface area contributed by atoms with Crippen molar-refractivity contribution < 1.29 is 0 Å². The first-order valence-corrected chi connectivity index (χ1v) is 8.37. The molecule has 3 aromatic heterocycles. The van der Waals surface area contributed by atoms with Crippen LogP contribution in [0.4, 0.5) is 5.95 Å². The first-order valence-electron chi connectivity index (χ1n) is 8.37. The summed E-state index contributed by atoms with van der Waals surface area (Å²) in [5, 5.41) is 7.43. The van der Waals surface area contributed by atoms with E-state index in [9.17, 15) is 0 Å². The summed E-state index contributed by atoms with van der Waals surface area (Å²) in [4.78, 5) is 15.8. The molecule has 1 aliphatic heterocycles. The molecule has 7 heteroatoms. The number of hydrogen-bond acceptors (Lipinski definition) is 6. The van der Waals surface area contributed by atoms with Crippen molar-refractivity contribution in [2.24, 2.45) is 0 Å². The second kappa shape index (κ2) is 6.52. The molecule has 0 aromatic carbocycles. The van der Waals surface area contributed by atoms with E-state index in [4.69, 9.17) is 0 Å². The van der Waals surface area contributed by atoms with Crippen LogP contribution in [0.2, 0.25) is 0 Å². The number of hydrogen-bond donors (Lipinski definition) is 1. The highest BCUT2D eigenvalue weighted by Gasteiger charge is 2.26. The number of rotatable bonds is 4. The number of fused-ring (bicyclic) bond motifs is 1. The molecule has 0 saturated carbocycles. The van der Waals surface area contributed by atoms with Gasteiger partial charge in [0.05, 0.1) is 17.9 Å². The molecule has 124 valence electrons. The fourth-order valence-electron chi connectivity index (χ4n) is 3.40. The number of nitrogens with zero attached hydrogens (tertiary/aromatic N) is 6. The van der Waals surface area contributed by atoms with Crippen LogP contribution in [0.3, 0.4) is 0 Å². The molecule has 4 rings (SSSR count). The van der Waals surface area contributed by atoms with Crippen LogP contribution in [0, 0.1) is 0 Å². The Morgan fingerprint density at radius 2 is 2.21 bits per heavy atom. The van der Waals surface area contributed by atoms with Crippen molar-refractivity contribution in [3.63, 3.8) is 0 Å². The minimum absolute atomic E-state index is 0.313. The molecule has 7 nitrogen and oxygen atoms in total. The molecule has 3 aromatic rings. The highest BCUT2D eigenvalue weighted by Crippen LogP contribution is 2.31. The molecule has 0 radical (unpaired) electrons. The van der Waals surface area contributed by atoms with Gasteiger partial charge in [0, 0.05) is 37.7 Å². The van der Waals surface area contributed by atoms with Crippen molar-refractivity contribution in [3.05, 3.63) is 48.2 Å². The second-order valence-electron chi connectivity index (χ2n) is 6.09. The van der Waals surface area contributed by atoms with Gasteiger partial charge in [-0.15, -0.1) is 0 Å². The maximum atomic E-state index is 4.66. The summed E-state index contributed by atoms with van der Waals surface area (Å²) >= 11 is 0. The van der Waals surface area contributed by atoms with Gasteiger partial charge in [-0.05, 0) is 31.5 Å². The molecule has 1 saturated heterocycles. The zero-order valence-electron chi connectivity index (χ0n) is 13.8. The highest BCUT2D eigenvalue weighted by atomic mass is 15.3. The van der Waals surface area contributed by atoms with Crippen LogP contribution in [-0.4, -0.2) is 43.1 Å². The molecule has 0 bridgehead atoms. The molecule has 1 aliphatic rings. The van der Waals surface area contributed by atoms with Gasteiger partial charge in [0.1, 0.15) is 0 Å². The fourth-order valence-corrected chi connectivity index (χ4v) is 3.40. The van der Waals surface area contributed by atoms with Crippen LogP contribution in [0.5, 0.6) is 0 Å². The SMILES string of the molecule is CNc1nccc([C@H]2CCCCN2Cc2cnn3cccnc23)n1. The first-order chi connectivity index (χ1) is 11.8. The van der Waals surface area contributed by atoms with Crippen molar-refractivity contribution in [1.29, 1.82) is 0 Å². The summed E-state index contributed by atoms with van der Waals surface area (Å²) in [6.07, 6.45) is 11.1. The van der Waals surface area contributed by atoms with Crippen molar-refractivity contribution in [2.45, 2.75) is 31.8 Å². The Labute approximate surface area is 140 Å². The van der Waals surface area contributed by atoms with Gasteiger partial charge in [-0.3, -0.25) is 4.90 Å². The monoisotopic (exact) mass is 323 g/mol. The lowest BCUT2D eigenvalue weighted by Gasteiger charge is -2.35. The largest absolute Gasteiger partial charge is 0.357 e. The van der Waals surface area contributed by atoms with E-state index in [0.717, 1.165) is 36.4 Å². The Morgan fingerprint density at radius 3 is 3.12 bits per heavy atom. The highest BCUT2D eigenvalue weighted by molar-refractivity contribution is 5.45. The molecule has 0 amide bonds. The molecule has 4 heterocycles. The van der Waals surface area contributed by atoms with E-state index >= 15 is 0 Å². The maximum Gasteiger partial charge on any atom is 0.222 e. The van der Waals surface area contributed by atoms with Crippen molar-refractivity contribution in [1.82, 2.24) is 29.5 Å². The van der Waals surface area contributed by atoms with Gasteiger partial charge in [-0.25, -0.2) is 19.5 Å².